The Kier molecular flexibility index (Phi) is 6.03. The van der Waals surface area contributed by atoms with Crippen molar-refractivity contribution in [2.24, 2.45) is 0 Å². The predicted octanol–water partition coefficient (Wildman–Crippen LogP) is 2.42. The summed E-state index contributed by atoms with van der Waals surface area (Å²) < 4.78 is 9.64. The molecule has 2 aromatic rings. The molecule has 1 aromatic carbocycles. The second-order valence-corrected chi connectivity index (χ2v) is 7.72. The quantitative estimate of drug-likeness (QED) is 0.739. The fraction of sp³-hybridized carbons (Fsp3) is 0.368. The fourth-order valence-corrected chi connectivity index (χ4v) is 3.67. The van der Waals surface area contributed by atoms with E-state index in [1.165, 1.54) is 18.9 Å². The molecule has 9 heteroatoms. The molecule has 1 aromatic heterocycles. The molecule has 1 aliphatic heterocycles. The first-order valence-corrected chi connectivity index (χ1v) is 9.81. The number of aromatic nitrogens is 1. The number of fused-ring (bicyclic) bond motifs is 1. The highest BCUT2D eigenvalue weighted by Crippen LogP contribution is 2.30. The molecule has 0 radical (unpaired) electrons. The van der Waals surface area contributed by atoms with Crippen molar-refractivity contribution in [2.75, 3.05) is 29.6 Å². The topological polar surface area (TPSA) is 102 Å². The average molecular weight is 403 g/mol. The number of hydrogen-bond donors (Lipinski definition) is 1. The number of thioether (sulfide) groups is 1. The predicted molar refractivity (Wildman–Crippen MR) is 106 cm³/mol. The third-order valence-corrected chi connectivity index (χ3v) is 5.53. The maximum Gasteiger partial charge on any atom is 0.337 e. The minimum Gasteiger partial charge on any atom is -0.465 e. The van der Waals surface area contributed by atoms with E-state index in [9.17, 15) is 14.4 Å². The molecular weight excluding hydrogens is 382 g/mol. The monoisotopic (exact) mass is 403 g/mol. The summed E-state index contributed by atoms with van der Waals surface area (Å²) in [6.45, 7) is 4.03. The SMILES string of the molecule is COC(=O)c1ccc2c(c1)CCN2C(=O)CSC(C)C(=O)Nc1cc(C)on1. The molecule has 0 saturated heterocycles. The summed E-state index contributed by atoms with van der Waals surface area (Å²) in [6, 6.07) is 6.81. The number of methoxy groups -OCH3 is 1. The van der Waals surface area contributed by atoms with Crippen LogP contribution in [0.3, 0.4) is 0 Å². The molecule has 1 unspecified atom stereocenters. The molecule has 8 nitrogen and oxygen atoms in total. The summed E-state index contributed by atoms with van der Waals surface area (Å²) in [6.07, 6.45) is 0.679. The summed E-state index contributed by atoms with van der Waals surface area (Å²) in [7, 11) is 1.34. The standard InChI is InChI=1S/C19H21N3O5S/c1-11-8-16(21-27-11)20-18(24)12(2)28-10-17(23)22-7-6-13-9-14(19(25)26-3)4-5-15(13)22/h4-5,8-9,12H,6-7,10H2,1-3H3,(H,20,21,24). The molecule has 2 amide bonds. The van der Waals surface area contributed by atoms with Crippen molar-refractivity contribution >= 4 is 41.1 Å². The van der Waals surface area contributed by atoms with Crippen LogP contribution in [0.5, 0.6) is 0 Å². The number of anilines is 2. The molecular formula is C19H21N3O5S. The van der Waals surface area contributed by atoms with Gasteiger partial charge in [0.15, 0.2) is 5.82 Å². The summed E-state index contributed by atoms with van der Waals surface area (Å²) in [5, 5.41) is 5.96. The van der Waals surface area contributed by atoms with Crippen LogP contribution in [0.15, 0.2) is 28.8 Å². The first-order valence-electron chi connectivity index (χ1n) is 8.76. The second-order valence-electron chi connectivity index (χ2n) is 6.40. The number of nitrogens with zero attached hydrogens (tertiary/aromatic N) is 2. The van der Waals surface area contributed by atoms with Gasteiger partial charge in [-0.25, -0.2) is 4.79 Å². The van der Waals surface area contributed by atoms with Crippen molar-refractivity contribution in [3.8, 4) is 0 Å². The summed E-state index contributed by atoms with van der Waals surface area (Å²) >= 11 is 1.26. The molecule has 0 saturated carbocycles. The second kappa shape index (κ2) is 8.47. The van der Waals surface area contributed by atoms with Crippen LogP contribution in [0.4, 0.5) is 11.5 Å². The van der Waals surface area contributed by atoms with E-state index < -0.39 is 11.2 Å². The van der Waals surface area contributed by atoms with Crippen molar-refractivity contribution in [3.05, 3.63) is 41.2 Å². The lowest BCUT2D eigenvalue weighted by atomic mass is 10.1. The largest absolute Gasteiger partial charge is 0.465 e. The van der Waals surface area contributed by atoms with Gasteiger partial charge in [-0.2, -0.15) is 0 Å². The maximum absolute atomic E-state index is 12.6. The number of rotatable bonds is 6. The Morgan fingerprint density at radius 1 is 1.36 bits per heavy atom. The number of carbonyl (C=O) groups excluding carboxylic acids is 3. The number of carbonyl (C=O) groups is 3. The first-order chi connectivity index (χ1) is 13.4. The number of benzene rings is 1. The van der Waals surface area contributed by atoms with E-state index in [1.807, 2.05) is 0 Å². The van der Waals surface area contributed by atoms with E-state index in [2.05, 4.69) is 10.5 Å². The number of hydrogen-bond acceptors (Lipinski definition) is 7. The van der Waals surface area contributed by atoms with Crippen molar-refractivity contribution in [3.63, 3.8) is 0 Å². The van der Waals surface area contributed by atoms with E-state index >= 15 is 0 Å². The van der Waals surface area contributed by atoms with Gasteiger partial charge in [0.1, 0.15) is 5.76 Å². The molecule has 3 rings (SSSR count). The van der Waals surface area contributed by atoms with Gasteiger partial charge in [0, 0.05) is 18.3 Å². The fourth-order valence-electron chi connectivity index (χ4n) is 2.91. The molecule has 1 aliphatic rings. The molecule has 0 spiro atoms. The van der Waals surface area contributed by atoms with E-state index in [0.717, 1.165) is 11.3 Å². The minimum absolute atomic E-state index is 0.0773. The lowest BCUT2D eigenvalue weighted by Gasteiger charge is -2.18. The number of aryl methyl sites for hydroxylation is 1. The van der Waals surface area contributed by atoms with Crippen LogP contribution in [0.2, 0.25) is 0 Å². The normalized spacial score (nSPS) is 13.8. The Balaban J connectivity index is 1.56. The lowest BCUT2D eigenvalue weighted by Crippen LogP contribution is -2.32. The van der Waals surface area contributed by atoms with Gasteiger partial charge in [0.2, 0.25) is 11.8 Å². The highest BCUT2D eigenvalue weighted by atomic mass is 32.2. The van der Waals surface area contributed by atoms with Crippen LogP contribution in [-0.4, -0.2) is 47.6 Å². The van der Waals surface area contributed by atoms with Gasteiger partial charge in [-0.1, -0.05) is 5.16 Å². The zero-order chi connectivity index (χ0) is 20.3. The van der Waals surface area contributed by atoms with Crippen molar-refractivity contribution in [1.82, 2.24) is 5.16 Å². The molecule has 28 heavy (non-hydrogen) atoms. The third-order valence-electron chi connectivity index (χ3n) is 4.40. The van der Waals surface area contributed by atoms with Crippen molar-refractivity contribution in [2.45, 2.75) is 25.5 Å². The Hall–Kier alpha value is -2.81. The molecule has 0 bridgehead atoms. The molecule has 0 fully saturated rings. The van der Waals surface area contributed by atoms with Gasteiger partial charge in [-0.3, -0.25) is 9.59 Å². The van der Waals surface area contributed by atoms with E-state index in [4.69, 9.17) is 9.26 Å². The van der Waals surface area contributed by atoms with Crippen LogP contribution in [0, 0.1) is 6.92 Å². The Morgan fingerprint density at radius 3 is 2.82 bits per heavy atom. The van der Waals surface area contributed by atoms with Gasteiger partial charge in [0.05, 0.1) is 23.7 Å². The smallest absolute Gasteiger partial charge is 0.337 e. The summed E-state index contributed by atoms with van der Waals surface area (Å²) in [4.78, 5) is 38.2. The number of ether oxygens (including phenoxy) is 1. The zero-order valence-electron chi connectivity index (χ0n) is 15.9. The Morgan fingerprint density at radius 2 is 2.14 bits per heavy atom. The molecule has 1 atom stereocenters. The Labute approximate surface area is 166 Å². The van der Waals surface area contributed by atoms with Crippen LogP contribution >= 0.6 is 11.8 Å². The molecule has 1 N–H and O–H groups in total. The van der Waals surface area contributed by atoms with Gasteiger partial charge in [-0.05, 0) is 44.0 Å². The molecule has 2 heterocycles. The van der Waals surface area contributed by atoms with Gasteiger partial charge >= 0.3 is 5.97 Å². The number of amides is 2. The number of nitrogens with one attached hydrogen (secondary N) is 1. The third kappa shape index (κ3) is 4.36. The Bertz CT molecular complexity index is 911. The van der Waals surface area contributed by atoms with E-state index in [-0.39, 0.29) is 17.6 Å². The van der Waals surface area contributed by atoms with Gasteiger partial charge in [0.25, 0.3) is 0 Å². The van der Waals surface area contributed by atoms with Crippen LogP contribution in [0.1, 0.15) is 28.6 Å². The van der Waals surface area contributed by atoms with Gasteiger partial charge in [-0.15, -0.1) is 11.8 Å². The van der Waals surface area contributed by atoms with Gasteiger partial charge < -0.3 is 19.5 Å². The number of esters is 1. The average Bonchev–Trinajstić information content (AvgIpc) is 3.30. The minimum atomic E-state index is -0.426. The van der Waals surface area contributed by atoms with Crippen molar-refractivity contribution < 1.29 is 23.6 Å². The van der Waals surface area contributed by atoms with Crippen molar-refractivity contribution in [1.29, 1.82) is 0 Å². The van der Waals surface area contributed by atoms with Crippen LogP contribution < -0.4 is 10.2 Å². The zero-order valence-corrected chi connectivity index (χ0v) is 16.7. The highest BCUT2D eigenvalue weighted by molar-refractivity contribution is 8.01. The maximum atomic E-state index is 12.6. The molecule has 148 valence electrons. The van der Waals surface area contributed by atoms with Crippen LogP contribution in [-0.2, 0) is 20.7 Å². The summed E-state index contributed by atoms with van der Waals surface area (Å²) in [5.41, 5.74) is 2.21. The first kappa shape index (κ1) is 19.9. The lowest BCUT2D eigenvalue weighted by molar-refractivity contribution is -0.116. The molecule has 0 aliphatic carbocycles. The van der Waals surface area contributed by atoms with E-state index in [1.54, 1.807) is 43.0 Å². The van der Waals surface area contributed by atoms with E-state index in [0.29, 0.717) is 30.1 Å². The highest BCUT2D eigenvalue weighted by Gasteiger charge is 2.26. The van der Waals surface area contributed by atoms with Crippen LogP contribution in [0.25, 0.3) is 0 Å². The summed E-state index contributed by atoms with van der Waals surface area (Å²) in [5.74, 6) is 0.419.